The zero-order valence-corrected chi connectivity index (χ0v) is 13.2. The molecular weight excluding hydrogens is 258 g/mol. The third-order valence-corrected chi connectivity index (χ3v) is 4.80. The highest BCUT2D eigenvalue weighted by molar-refractivity contribution is 5.74. The number of nitrogens with zero attached hydrogens (tertiary/aromatic N) is 3. The van der Waals surface area contributed by atoms with Gasteiger partial charge in [-0.3, -0.25) is 0 Å². The molecule has 3 nitrogen and oxygen atoms in total. The highest BCUT2D eigenvalue weighted by atomic mass is 15.1. The molecule has 0 amide bonds. The van der Waals surface area contributed by atoms with Gasteiger partial charge in [-0.2, -0.15) is 0 Å². The van der Waals surface area contributed by atoms with Crippen LogP contribution in [-0.4, -0.2) is 34.1 Å². The van der Waals surface area contributed by atoms with Crippen molar-refractivity contribution >= 4 is 11.0 Å². The van der Waals surface area contributed by atoms with Crippen LogP contribution in [0.25, 0.3) is 11.0 Å². The van der Waals surface area contributed by atoms with Crippen molar-refractivity contribution in [2.45, 2.75) is 45.6 Å². The first-order valence-corrected chi connectivity index (χ1v) is 8.49. The van der Waals surface area contributed by atoms with Gasteiger partial charge in [0.05, 0.1) is 17.4 Å². The van der Waals surface area contributed by atoms with Gasteiger partial charge in [-0.1, -0.05) is 31.9 Å². The van der Waals surface area contributed by atoms with Crippen LogP contribution in [0.1, 0.15) is 39.0 Å². The van der Waals surface area contributed by atoms with E-state index in [1.54, 1.807) is 0 Å². The Morgan fingerprint density at radius 2 is 1.95 bits per heavy atom. The van der Waals surface area contributed by atoms with E-state index in [0.29, 0.717) is 0 Å². The second-order valence-electron chi connectivity index (χ2n) is 6.35. The van der Waals surface area contributed by atoms with Crippen LogP contribution in [-0.2, 0) is 6.54 Å². The van der Waals surface area contributed by atoms with Crippen LogP contribution in [0.15, 0.2) is 30.6 Å². The summed E-state index contributed by atoms with van der Waals surface area (Å²) >= 11 is 0. The minimum Gasteiger partial charge on any atom is -0.331 e. The molecule has 1 saturated heterocycles. The van der Waals surface area contributed by atoms with E-state index in [2.05, 4.69) is 45.6 Å². The highest BCUT2D eigenvalue weighted by Crippen LogP contribution is 2.21. The molecule has 0 spiro atoms. The average Bonchev–Trinajstić information content (AvgIpc) is 2.93. The third kappa shape index (κ3) is 3.65. The molecule has 1 aliphatic heterocycles. The lowest BCUT2D eigenvalue weighted by Gasteiger charge is -2.31. The zero-order chi connectivity index (χ0) is 14.5. The van der Waals surface area contributed by atoms with Crippen molar-refractivity contribution in [1.29, 1.82) is 0 Å². The molecule has 114 valence electrons. The first-order valence-electron chi connectivity index (χ1n) is 8.49. The molecule has 1 aromatic carbocycles. The third-order valence-electron chi connectivity index (χ3n) is 4.80. The maximum Gasteiger partial charge on any atom is 0.0958 e. The number of hydrogen-bond acceptors (Lipinski definition) is 2. The van der Waals surface area contributed by atoms with Crippen LogP contribution in [0.4, 0.5) is 0 Å². The van der Waals surface area contributed by atoms with Crippen LogP contribution in [0.5, 0.6) is 0 Å². The molecule has 0 atom stereocenters. The molecule has 1 aromatic heterocycles. The Labute approximate surface area is 128 Å². The van der Waals surface area contributed by atoms with Gasteiger partial charge in [0.1, 0.15) is 0 Å². The Bertz CT molecular complexity index is 552. The molecule has 2 aromatic rings. The Morgan fingerprint density at radius 1 is 1.14 bits per heavy atom. The van der Waals surface area contributed by atoms with Crippen molar-refractivity contribution in [3.8, 4) is 0 Å². The number of likely N-dealkylation sites (tertiary alicyclic amines) is 1. The number of imidazole rings is 1. The van der Waals surface area contributed by atoms with Gasteiger partial charge in [0.25, 0.3) is 0 Å². The summed E-state index contributed by atoms with van der Waals surface area (Å²) in [4.78, 5) is 7.11. The summed E-state index contributed by atoms with van der Waals surface area (Å²) in [5.74, 6) is 0.990. The molecule has 0 saturated carbocycles. The van der Waals surface area contributed by atoms with E-state index in [1.807, 2.05) is 6.33 Å². The van der Waals surface area contributed by atoms with Crippen molar-refractivity contribution < 1.29 is 0 Å². The van der Waals surface area contributed by atoms with E-state index in [-0.39, 0.29) is 0 Å². The van der Waals surface area contributed by atoms with Gasteiger partial charge in [0, 0.05) is 6.54 Å². The van der Waals surface area contributed by atoms with Gasteiger partial charge in [-0.15, -0.1) is 0 Å². The first kappa shape index (κ1) is 14.6. The number of hydrogen-bond donors (Lipinski definition) is 0. The zero-order valence-electron chi connectivity index (χ0n) is 13.2. The maximum atomic E-state index is 4.46. The number of aryl methyl sites for hydroxylation is 1. The standard InChI is InChI=1S/C18H27N3/c1-2-6-16-9-13-20(14-10-16)11-5-12-21-15-19-17-7-3-4-8-18(17)21/h3-4,7-8,15-16H,2,5-6,9-14H2,1H3. The van der Waals surface area contributed by atoms with E-state index < -0.39 is 0 Å². The fourth-order valence-corrected chi connectivity index (χ4v) is 3.56. The molecule has 2 heterocycles. The van der Waals surface area contributed by atoms with Crippen LogP contribution in [0, 0.1) is 5.92 Å². The molecule has 3 rings (SSSR count). The summed E-state index contributed by atoms with van der Waals surface area (Å²) in [6.07, 6.45) is 8.79. The SMILES string of the molecule is CCCC1CCN(CCCn2cnc3ccccc32)CC1. The van der Waals surface area contributed by atoms with Crippen LogP contribution in [0.3, 0.4) is 0 Å². The van der Waals surface area contributed by atoms with Gasteiger partial charge in [-0.05, 0) is 56.9 Å². The number of para-hydroxylation sites is 2. The lowest BCUT2D eigenvalue weighted by Crippen LogP contribution is -2.34. The van der Waals surface area contributed by atoms with Crippen molar-refractivity contribution in [3.05, 3.63) is 30.6 Å². The predicted molar refractivity (Wildman–Crippen MR) is 88.4 cm³/mol. The Balaban J connectivity index is 1.44. The number of piperidine rings is 1. The number of rotatable bonds is 6. The summed E-state index contributed by atoms with van der Waals surface area (Å²) in [7, 11) is 0. The number of aromatic nitrogens is 2. The summed E-state index contributed by atoms with van der Waals surface area (Å²) < 4.78 is 2.29. The fraction of sp³-hybridized carbons (Fsp3) is 0.611. The van der Waals surface area contributed by atoms with E-state index in [1.165, 1.54) is 57.3 Å². The monoisotopic (exact) mass is 285 g/mol. The molecule has 1 fully saturated rings. The maximum absolute atomic E-state index is 4.46. The van der Waals surface area contributed by atoms with Crippen LogP contribution < -0.4 is 0 Å². The van der Waals surface area contributed by atoms with Crippen molar-refractivity contribution in [3.63, 3.8) is 0 Å². The van der Waals surface area contributed by atoms with E-state index >= 15 is 0 Å². The molecular formula is C18H27N3. The lowest BCUT2D eigenvalue weighted by atomic mass is 9.92. The van der Waals surface area contributed by atoms with Gasteiger partial charge >= 0.3 is 0 Å². The van der Waals surface area contributed by atoms with E-state index in [9.17, 15) is 0 Å². The number of benzene rings is 1. The highest BCUT2D eigenvalue weighted by Gasteiger charge is 2.17. The molecule has 1 aliphatic rings. The van der Waals surface area contributed by atoms with Crippen molar-refractivity contribution in [1.82, 2.24) is 14.5 Å². The summed E-state index contributed by atoms with van der Waals surface area (Å²) in [6, 6.07) is 8.40. The molecule has 0 unspecified atom stereocenters. The smallest absolute Gasteiger partial charge is 0.0958 e. The molecule has 0 bridgehead atoms. The Kier molecular flexibility index (Phi) is 4.91. The fourth-order valence-electron chi connectivity index (χ4n) is 3.56. The lowest BCUT2D eigenvalue weighted by molar-refractivity contribution is 0.175. The van der Waals surface area contributed by atoms with Crippen LogP contribution >= 0.6 is 0 Å². The van der Waals surface area contributed by atoms with Gasteiger partial charge in [-0.25, -0.2) is 4.98 Å². The summed E-state index contributed by atoms with van der Waals surface area (Å²) in [5.41, 5.74) is 2.37. The summed E-state index contributed by atoms with van der Waals surface area (Å²) in [6.45, 7) is 7.22. The van der Waals surface area contributed by atoms with Gasteiger partial charge < -0.3 is 9.47 Å². The van der Waals surface area contributed by atoms with Gasteiger partial charge in [0.15, 0.2) is 0 Å². The topological polar surface area (TPSA) is 21.1 Å². The minimum atomic E-state index is 0.990. The van der Waals surface area contributed by atoms with Crippen LogP contribution in [0.2, 0.25) is 0 Å². The molecule has 0 radical (unpaired) electrons. The Hall–Kier alpha value is -1.35. The molecule has 0 aliphatic carbocycles. The quantitative estimate of drug-likeness (QED) is 0.801. The second-order valence-corrected chi connectivity index (χ2v) is 6.35. The minimum absolute atomic E-state index is 0.990. The second kappa shape index (κ2) is 7.08. The average molecular weight is 285 g/mol. The van der Waals surface area contributed by atoms with Crippen molar-refractivity contribution in [2.75, 3.05) is 19.6 Å². The summed E-state index contributed by atoms with van der Waals surface area (Å²) in [5, 5.41) is 0. The predicted octanol–water partition coefficient (Wildman–Crippen LogP) is 3.94. The normalized spacial score (nSPS) is 17.6. The van der Waals surface area contributed by atoms with E-state index in [4.69, 9.17) is 0 Å². The number of fused-ring (bicyclic) bond motifs is 1. The van der Waals surface area contributed by atoms with Gasteiger partial charge in [0.2, 0.25) is 0 Å². The first-order chi connectivity index (χ1) is 10.4. The van der Waals surface area contributed by atoms with Crippen molar-refractivity contribution in [2.24, 2.45) is 5.92 Å². The molecule has 21 heavy (non-hydrogen) atoms. The molecule has 0 N–H and O–H groups in total. The van der Waals surface area contributed by atoms with E-state index in [0.717, 1.165) is 18.0 Å². The molecule has 3 heteroatoms. The largest absolute Gasteiger partial charge is 0.331 e. The Morgan fingerprint density at radius 3 is 2.76 bits per heavy atom.